The molecule has 0 fully saturated rings. The lowest BCUT2D eigenvalue weighted by atomic mass is 10.2. The van der Waals surface area contributed by atoms with E-state index < -0.39 is 21.6 Å². The van der Waals surface area contributed by atoms with Crippen LogP contribution in [0.25, 0.3) is 0 Å². The number of hydrogen-bond donors (Lipinski definition) is 0. The van der Waals surface area contributed by atoms with E-state index in [1.165, 1.54) is 24.3 Å². The second-order valence-electron chi connectivity index (χ2n) is 7.00. The van der Waals surface area contributed by atoms with E-state index in [2.05, 4.69) is 0 Å². The first-order valence-electron chi connectivity index (χ1n) is 10.4. The highest BCUT2D eigenvalue weighted by atomic mass is 19.4. The summed E-state index contributed by atoms with van der Waals surface area (Å²) in [5.41, 5.74) is -1.70. The summed E-state index contributed by atoms with van der Waals surface area (Å²) in [5, 5.41) is 22.4. The Morgan fingerprint density at radius 1 is 0.694 bits per heavy atom. The fourth-order valence-corrected chi connectivity index (χ4v) is 3.06. The lowest BCUT2D eigenvalue weighted by Crippen LogP contribution is -2.05. The molecule has 3 rings (SSSR count). The second-order valence-corrected chi connectivity index (χ2v) is 7.00. The Balaban J connectivity index is 2.03. The molecule has 3 aromatic carbocycles. The molecule has 0 aliphatic rings. The van der Waals surface area contributed by atoms with Crippen LogP contribution in [0.15, 0.2) is 54.6 Å². The number of halogens is 3. The third-order valence-corrected chi connectivity index (χ3v) is 4.58. The number of alkyl halides is 3. The number of nitro groups is 2. The Bertz CT molecular complexity index is 1280. The van der Waals surface area contributed by atoms with Crippen LogP contribution in [0.4, 0.5) is 24.5 Å². The number of hydrogen-bond acceptors (Lipinski definition) is 8. The average Bonchev–Trinajstić information content (AvgIpc) is 2.80. The van der Waals surface area contributed by atoms with Gasteiger partial charge in [0.05, 0.1) is 28.6 Å². The molecule has 0 heterocycles. The van der Waals surface area contributed by atoms with Crippen molar-refractivity contribution < 1.29 is 42.0 Å². The zero-order chi connectivity index (χ0) is 26.5. The van der Waals surface area contributed by atoms with E-state index in [-0.39, 0.29) is 59.1 Å². The highest BCUT2D eigenvalue weighted by Gasteiger charge is 2.32. The third-order valence-electron chi connectivity index (χ3n) is 4.58. The number of ether oxygens (including phenoxy) is 4. The smallest absolute Gasteiger partial charge is 0.416 e. The third kappa shape index (κ3) is 6.11. The highest BCUT2D eigenvalue weighted by Crippen LogP contribution is 2.42. The van der Waals surface area contributed by atoms with E-state index in [0.717, 1.165) is 24.3 Å². The van der Waals surface area contributed by atoms with Crippen molar-refractivity contribution in [2.24, 2.45) is 0 Å². The minimum atomic E-state index is -4.70. The van der Waals surface area contributed by atoms with Gasteiger partial charge >= 0.3 is 17.6 Å². The van der Waals surface area contributed by atoms with Gasteiger partial charge in [-0.15, -0.1) is 0 Å². The van der Waals surface area contributed by atoms with Gasteiger partial charge in [0.2, 0.25) is 11.5 Å². The monoisotopic (exact) mass is 508 g/mol. The normalized spacial score (nSPS) is 11.0. The van der Waals surface area contributed by atoms with Crippen molar-refractivity contribution in [1.29, 1.82) is 0 Å². The minimum Gasteiger partial charge on any atom is -0.487 e. The van der Waals surface area contributed by atoms with Gasteiger partial charge in [0.25, 0.3) is 0 Å². The first-order chi connectivity index (χ1) is 17.0. The predicted octanol–water partition coefficient (Wildman–Crippen LogP) is 6.90. The van der Waals surface area contributed by atoms with Crippen LogP contribution in [0.1, 0.15) is 19.4 Å². The van der Waals surface area contributed by atoms with Crippen molar-refractivity contribution in [1.82, 2.24) is 0 Å². The van der Waals surface area contributed by atoms with E-state index in [1.807, 2.05) is 0 Å². The van der Waals surface area contributed by atoms with E-state index in [1.54, 1.807) is 13.8 Å². The second kappa shape index (κ2) is 10.8. The maximum atomic E-state index is 13.4. The summed E-state index contributed by atoms with van der Waals surface area (Å²) in [6, 6.07) is 9.58. The summed E-state index contributed by atoms with van der Waals surface area (Å²) in [5.74, 6) is -0.760. The Morgan fingerprint density at radius 3 is 1.58 bits per heavy atom. The first-order valence-corrected chi connectivity index (χ1v) is 10.4. The molecule has 0 aliphatic heterocycles. The fraction of sp³-hybridized carbons (Fsp3) is 0.217. The van der Waals surface area contributed by atoms with Gasteiger partial charge in [-0.3, -0.25) is 20.2 Å². The van der Waals surface area contributed by atoms with Gasteiger partial charge in [-0.25, -0.2) is 0 Å². The maximum absolute atomic E-state index is 13.4. The molecule has 0 amide bonds. The van der Waals surface area contributed by atoms with Crippen LogP contribution < -0.4 is 18.9 Å². The molecule has 13 heteroatoms. The first kappa shape index (κ1) is 26.1. The van der Waals surface area contributed by atoms with E-state index >= 15 is 0 Å². The molecule has 0 atom stereocenters. The standard InChI is InChI=1S/C23H19F3N2O8/c1-3-33-20-12-15(6-8-17(20)27(29)30)35-19-10-5-14(23(24,25)26)11-22(19)36-16-7-9-18(28(31)32)21(13-16)34-4-2/h5-13H,3-4H2,1-2H3. The van der Waals surface area contributed by atoms with E-state index in [0.29, 0.717) is 6.07 Å². The Hall–Kier alpha value is -4.55. The molecule has 0 aliphatic carbocycles. The van der Waals surface area contributed by atoms with Gasteiger partial charge in [0.1, 0.15) is 11.5 Å². The molecule has 3 aromatic rings. The van der Waals surface area contributed by atoms with Crippen molar-refractivity contribution in [2.45, 2.75) is 20.0 Å². The van der Waals surface area contributed by atoms with Gasteiger partial charge in [-0.1, -0.05) is 0 Å². The zero-order valence-corrected chi connectivity index (χ0v) is 18.9. The maximum Gasteiger partial charge on any atom is 0.416 e. The molecule has 0 spiro atoms. The van der Waals surface area contributed by atoms with E-state index in [9.17, 15) is 33.4 Å². The van der Waals surface area contributed by atoms with Crippen LogP contribution in [-0.2, 0) is 6.18 Å². The molecule has 36 heavy (non-hydrogen) atoms. The molecule has 0 unspecified atom stereocenters. The van der Waals surface area contributed by atoms with Gasteiger partial charge in [0.15, 0.2) is 11.5 Å². The number of rotatable bonds is 10. The topological polar surface area (TPSA) is 123 Å². The van der Waals surface area contributed by atoms with Crippen LogP contribution in [0.2, 0.25) is 0 Å². The molecule has 0 bridgehead atoms. The van der Waals surface area contributed by atoms with Crippen molar-refractivity contribution >= 4 is 11.4 Å². The molecular weight excluding hydrogens is 489 g/mol. The summed E-state index contributed by atoms with van der Waals surface area (Å²) in [4.78, 5) is 21.1. The summed E-state index contributed by atoms with van der Waals surface area (Å²) < 4.78 is 61.9. The summed E-state index contributed by atoms with van der Waals surface area (Å²) in [7, 11) is 0. The lowest BCUT2D eigenvalue weighted by molar-refractivity contribution is -0.386. The SMILES string of the molecule is CCOc1cc(Oc2ccc(C(F)(F)F)cc2Oc2ccc([N+](=O)[O-])c(OCC)c2)ccc1[N+](=O)[O-]. The van der Waals surface area contributed by atoms with Crippen molar-refractivity contribution in [3.8, 4) is 34.5 Å². The Labute approximate surface area is 202 Å². The predicted molar refractivity (Wildman–Crippen MR) is 120 cm³/mol. The van der Waals surface area contributed by atoms with Crippen LogP contribution in [-0.4, -0.2) is 23.1 Å². The molecule has 0 aromatic heterocycles. The van der Waals surface area contributed by atoms with Crippen LogP contribution in [0.5, 0.6) is 34.5 Å². The largest absolute Gasteiger partial charge is 0.487 e. The molecular formula is C23H19F3N2O8. The molecule has 0 radical (unpaired) electrons. The van der Waals surface area contributed by atoms with Gasteiger partial charge in [-0.2, -0.15) is 13.2 Å². The number of nitro benzene ring substituents is 2. The minimum absolute atomic E-state index is 0.0346. The summed E-state index contributed by atoms with van der Waals surface area (Å²) in [6.45, 7) is 3.46. The molecule has 10 nitrogen and oxygen atoms in total. The average molecular weight is 508 g/mol. The molecule has 0 saturated carbocycles. The van der Waals surface area contributed by atoms with Gasteiger partial charge in [-0.05, 0) is 44.2 Å². The Kier molecular flexibility index (Phi) is 7.82. The van der Waals surface area contributed by atoms with Gasteiger partial charge < -0.3 is 18.9 Å². The van der Waals surface area contributed by atoms with Crippen LogP contribution >= 0.6 is 0 Å². The fourth-order valence-electron chi connectivity index (χ4n) is 3.06. The molecule has 190 valence electrons. The molecule has 0 N–H and O–H groups in total. The van der Waals surface area contributed by atoms with Crippen LogP contribution in [0, 0.1) is 20.2 Å². The number of benzene rings is 3. The highest BCUT2D eigenvalue weighted by molar-refractivity contribution is 5.55. The van der Waals surface area contributed by atoms with Crippen molar-refractivity contribution in [3.05, 3.63) is 80.4 Å². The number of nitrogens with zero attached hydrogens (tertiary/aromatic N) is 2. The van der Waals surface area contributed by atoms with Crippen LogP contribution in [0.3, 0.4) is 0 Å². The Morgan fingerprint density at radius 2 is 1.17 bits per heavy atom. The van der Waals surface area contributed by atoms with Crippen molar-refractivity contribution in [3.63, 3.8) is 0 Å². The lowest BCUT2D eigenvalue weighted by Gasteiger charge is -2.16. The quantitative estimate of drug-likeness (QED) is 0.214. The molecule has 0 saturated heterocycles. The van der Waals surface area contributed by atoms with E-state index in [4.69, 9.17) is 18.9 Å². The summed E-state index contributed by atoms with van der Waals surface area (Å²) in [6.07, 6.45) is -4.70. The zero-order valence-electron chi connectivity index (χ0n) is 18.9. The van der Waals surface area contributed by atoms with Gasteiger partial charge in [0, 0.05) is 24.3 Å². The summed E-state index contributed by atoms with van der Waals surface area (Å²) >= 11 is 0. The van der Waals surface area contributed by atoms with Crippen molar-refractivity contribution in [2.75, 3.05) is 13.2 Å².